The van der Waals surface area contributed by atoms with Crippen molar-refractivity contribution in [2.24, 2.45) is 5.41 Å². The minimum absolute atomic E-state index is 0.160. The number of hydrogen-bond acceptors (Lipinski definition) is 3. The van der Waals surface area contributed by atoms with Gasteiger partial charge in [-0.3, -0.25) is 0 Å². The monoisotopic (exact) mass is 208 g/mol. The Bertz CT molecular complexity index is 367. The van der Waals surface area contributed by atoms with E-state index in [9.17, 15) is 5.11 Å². The van der Waals surface area contributed by atoms with Crippen molar-refractivity contribution in [3.05, 3.63) is 24.3 Å². The van der Waals surface area contributed by atoms with Crippen molar-refractivity contribution in [2.75, 3.05) is 6.61 Å². The lowest BCUT2D eigenvalue weighted by Gasteiger charge is -2.42. The molecule has 2 rings (SSSR count). The van der Waals surface area contributed by atoms with Crippen molar-refractivity contribution in [3.63, 3.8) is 0 Å². The van der Waals surface area contributed by atoms with Crippen LogP contribution in [0.25, 0.3) is 0 Å². The van der Waals surface area contributed by atoms with Crippen LogP contribution in [0.3, 0.4) is 0 Å². The van der Waals surface area contributed by atoms with Gasteiger partial charge in [-0.25, -0.2) is 0 Å². The third-order valence-electron chi connectivity index (χ3n) is 2.72. The van der Waals surface area contributed by atoms with E-state index in [2.05, 4.69) is 0 Å². The highest BCUT2D eigenvalue weighted by molar-refractivity contribution is 5.41. The van der Waals surface area contributed by atoms with E-state index in [0.29, 0.717) is 11.5 Å². The second-order valence-corrected chi connectivity index (χ2v) is 4.87. The molecule has 15 heavy (non-hydrogen) atoms. The highest BCUT2D eigenvalue weighted by atomic mass is 16.7. The van der Waals surface area contributed by atoms with E-state index >= 15 is 0 Å². The topological polar surface area (TPSA) is 38.7 Å². The van der Waals surface area contributed by atoms with Gasteiger partial charge in [0, 0.05) is 5.41 Å². The first-order valence-corrected chi connectivity index (χ1v) is 5.06. The Hall–Kier alpha value is -1.22. The van der Waals surface area contributed by atoms with Gasteiger partial charge in [-0.15, -0.1) is 0 Å². The van der Waals surface area contributed by atoms with Crippen LogP contribution in [0.15, 0.2) is 24.3 Å². The molecule has 3 heteroatoms. The lowest BCUT2D eigenvalue weighted by molar-refractivity contribution is -0.234. The summed E-state index contributed by atoms with van der Waals surface area (Å²) in [5.41, 5.74) is -0.388. The molecule has 1 aliphatic heterocycles. The molecule has 0 fully saturated rings. The normalized spacial score (nSPS) is 25.1. The van der Waals surface area contributed by atoms with Gasteiger partial charge in [0.1, 0.15) is 0 Å². The summed E-state index contributed by atoms with van der Waals surface area (Å²) in [6.45, 7) is 5.92. The Morgan fingerprint density at radius 2 is 1.80 bits per heavy atom. The van der Waals surface area contributed by atoms with Crippen LogP contribution in [0.1, 0.15) is 20.8 Å². The lowest BCUT2D eigenvalue weighted by atomic mass is 9.85. The predicted octanol–water partition coefficient (Wildman–Crippen LogP) is 2.19. The van der Waals surface area contributed by atoms with E-state index in [0.717, 1.165) is 0 Å². The van der Waals surface area contributed by atoms with Gasteiger partial charge in [0.05, 0.1) is 0 Å². The Morgan fingerprint density at radius 3 is 2.40 bits per heavy atom. The van der Waals surface area contributed by atoms with Crippen LogP contribution in [0, 0.1) is 5.41 Å². The molecular formula is C12H16O3. The van der Waals surface area contributed by atoms with Gasteiger partial charge in [0.15, 0.2) is 18.1 Å². The van der Waals surface area contributed by atoms with E-state index in [4.69, 9.17) is 9.47 Å². The van der Waals surface area contributed by atoms with Crippen LogP contribution >= 0.6 is 0 Å². The standard InChI is InChI=1S/C12H16O3/c1-11(2,3)12(13)8-14-9-6-4-5-7-10(9)15-12/h4-7,13H,8H2,1-3H3/t12-/m0/s1. The molecule has 0 amide bonds. The quantitative estimate of drug-likeness (QED) is 0.710. The zero-order valence-corrected chi connectivity index (χ0v) is 9.28. The van der Waals surface area contributed by atoms with Crippen LogP contribution in [0.4, 0.5) is 0 Å². The fraction of sp³-hybridized carbons (Fsp3) is 0.500. The van der Waals surface area contributed by atoms with Crippen molar-refractivity contribution >= 4 is 0 Å². The average Bonchev–Trinajstić information content (AvgIpc) is 2.16. The molecule has 3 nitrogen and oxygen atoms in total. The summed E-state index contributed by atoms with van der Waals surface area (Å²) in [6, 6.07) is 7.36. The summed E-state index contributed by atoms with van der Waals surface area (Å²) in [5, 5.41) is 10.3. The maximum Gasteiger partial charge on any atom is 0.247 e. The van der Waals surface area contributed by atoms with Crippen molar-refractivity contribution in [2.45, 2.75) is 26.6 Å². The molecule has 0 unspecified atom stereocenters. The van der Waals surface area contributed by atoms with Crippen LogP contribution in [-0.4, -0.2) is 17.5 Å². The summed E-state index contributed by atoms with van der Waals surface area (Å²) in [6.07, 6.45) is 0. The van der Waals surface area contributed by atoms with Crippen molar-refractivity contribution < 1.29 is 14.6 Å². The molecule has 0 spiro atoms. The van der Waals surface area contributed by atoms with E-state index in [1.165, 1.54) is 0 Å². The van der Waals surface area contributed by atoms with Gasteiger partial charge in [0.2, 0.25) is 5.79 Å². The molecule has 82 valence electrons. The molecule has 0 aliphatic carbocycles. The maximum absolute atomic E-state index is 10.3. The minimum Gasteiger partial charge on any atom is -0.483 e. The number of aliphatic hydroxyl groups is 1. The van der Waals surface area contributed by atoms with Gasteiger partial charge < -0.3 is 14.6 Å². The van der Waals surface area contributed by atoms with E-state index in [1.54, 1.807) is 6.07 Å². The Morgan fingerprint density at radius 1 is 1.20 bits per heavy atom. The second-order valence-electron chi connectivity index (χ2n) is 4.87. The molecular weight excluding hydrogens is 192 g/mol. The zero-order chi connectivity index (χ0) is 11.1. The summed E-state index contributed by atoms with van der Waals surface area (Å²) in [5.74, 6) is 0.0223. The van der Waals surface area contributed by atoms with Crippen LogP contribution in [-0.2, 0) is 0 Å². The van der Waals surface area contributed by atoms with Crippen molar-refractivity contribution in [3.8, 4) is 11.5 Å². The first kappa shape index (κ1) is 10.3. The summed E-state index contributed by atoms with van der Waals surface area (Å²) in [4.78, 5) is 0. The second kappa shape index (κ2) is 3.14. The summed E-state index contributed by atoms with van der Waals surface area (Å²) < 4.78 is 11.1. The van der Waals surface area contributed by atoms with Crippen LogP contribution in [0.2, 0.25) is 0 Å². The zero-order valence-electron chi connectivity index (χ0n) is 9.28. The van der Waals surface area contributed by atoms with Crippen LogP contribution < -0.4 is 9.47 Å². The molecule has 0 bridgehead atoms. The number of rotatable bonds is 0. The van der Waals surface area contributed by atoms with Gasteiger partial charge in [0.25, 0.3) is 0 Å². The average molecular weight is 208 g/mol. The number of para-hydroxylation sites is 2. The molecule has 0 aromatic heterocycles. The first-order chi connectivity index (χ1) is 6.92. The Balaban J connectivity index is 2.33. The van der Waals surface area contributed by atoms with E-state index in [-0.39, 0.29) is 12.0 Å². The third-order valence-corrected chi connectivity index (χ3v) is 2.72. The van der Waals surface area contributed by atoms with Gasteiger partial charge in [-0.2, -0.15) is 0 Å². The van der Waals surface area contributed by atoms with Crippen LogP contribution in [0.5, 0.6) is 11.5 Å². The number of benzene rings is 1. The molecule has 0 saturated carbocycles. The minimum atomic E-state index is -1.26. The Kier molecular flexibility index (Phi) is 2.15. The number of ether oxygens (including phenoxy) is 2. The summed E-state index contributed by atoms with van der Waals surface area (Å²) in [7, 11) is 0. The fourth-order valence-electron chi connectivity index (χ4n) is 1.41. The third kappa shape index (κ3) is 1.67. The molecule has 0 saturated heterocycles. The lowest BCUT2D eigenvalue weighted by Crippen LogP contribution is -2.54. The van der Waals surface area contributed by atoms with Crippen molar-refractivity contribution in [1.29, 1.82) is 0 Å². The molecule has 1 atom stereocenters. The maximum atomic E-state index is 10.3. The van der Waals surface area contributed by atoms with E-state index < -0.39 is 5.79 Å². The molecule has 1 heterocycles. The number of hydrogen-bond donors (Lipinski definition) is 1. The smallest absolute Gasteiger partial charge is 0.247 e. The first-order valence-electron chi connectivity index (χ1n) is 5.06. The fourth-order valence-corrected chi connectivity index (χ4v) is 1.41. The molecule has 1 aromatic rings. The molecule has 1 aliphatic rings. The Labute approximate surface area is 89.6 Å². The van der Waals surface area contributed by atoms with Gasteiger partial charge >= 0.3 is 0 Å². The molecule has 1 N–H and O–H groups in total. The highest BCUT2D eigenvalue weighted by Gasteiger charge is 2.46. The van der Waals surface area contributed by atoms with Crippen molar-refractivity contribution in [1.82, 2.24) is 0 Å². The largest absolute Gasteiger partial charge is 0.483 e. The highest BCUT2D eigenvalue weighted by Crippen LogP contribution is 2.40. The predicted molar refractivity (Wildman–Crippen MR) is 57.0 cm³/mol. The summed E-state index contributed by atoms with van der Waals surface area (Å²) >= 11 is 0. The van der Waals surface area contributed by atoms with Gasteiger partial charge in [-0.05, 0) is 12.1 Å². The molecule has 1 aromatic carbocycles. The molecule has 0 radical (unpaired) electrons. The van der Waals surface area contributed by atoms with E-state index in [1.807, 2.05) is 39.0 Å². The number of fused-ring (bicyclic) bond motifs is 1. The van der Waals surface area contributed by atoms with Gasteiger partial charge in [-0.1, -0.05) is 32.9 Å². The SMILES string of the molecule is CC(C)(C)[C@]1(O)COc2ccccc2O1.